The number of nitrogens with zero attached hydrogens (tertiary/aromatic N) is 2. The lowest BCUT2D eigenvalue weighted by Gasteiger charge is -2.10. The van der Waals surface area contributed by atoms with E-state index in [9.17, 15) is 4.79 Å². The van der Waals surface area contributed by atoms with E-state index in [0.717, 1.165) is 18.8 Å². The zero-order valence-corrected chi connectivity index (χ0v) is 10.9. The molecule has 0 aliphatic carbocycles. The second kappa shape index (κ2) is 5.58. The molecular formula is C14H19N3O. The first-order valence-corrected chi connectivity index (χ1v) is 6.33. The maximum Gasteiger partial charge on any atom is 0.250 e. The van der Waals surface area contributed by atoms with Crippen LogP contribution in [0, 0.1) is 0 Å². The summed E-state index contributed by atoms with van der Waals surface area (Å²) in [5.41, 5.74) is 2.26. The van der Waals surface area contributed by atoms with Gasteiger partial charge in [0.1, 0.15) is 0 Å². The topological polar surface area (TPSA) is 39.0 Å². The van der Waals surface area contributed by atoms with Crippen molar-refractivity contribution in [3.05, 3.63) is 52.7 Å². The highest BCUT2D eigenvalue weighted by atomic mass is 16.1. The second-order valence-corrected chi connectivity index (χ2v) is 4.18. The molecule has 4 nitrogen and oxygen atoms in total. The van der Waals surface area contributed by atoms with Gasteiger partial charge in [0.2, 0.25) is 0 Å². The lowest BCUT2D eigenvalue weighted by Crippen LogP contribution is -2.18. The molecule has 0 saturated carbocycles. The van der Waals surface area contributed by atoms with Crippen LogP contribution in [-0.4, -0.2) is 9.13 Å². The smallest absolute Gasteiger partial charge is 0.250 e. The third-order valence-corrected chi connectivity index (χ3v) is 3.06. The summed E-state index contributed by atoms with van der Waals surface area (Å²) in [6, 6.07) is 7.58. The van der Waals surface area contributed by atoms with Gasteiger partial charge in [-0.15, -0.1) is 0 Å². The molecule has 4 heteroatoms. The SMILES string of the molecule is CCn1cccc1CNc1ccc(=O)n(CC)c1. The predicted octanol–water partition coefficient (Wildman–Crippen LogP) is 2.30. The van der Waals surface area contributed by atoms with E-state index in [1.165, 1.54) is 5.69 Å². The van der Waals surface area contributed by atoms with Crippen molar-refractivity contribution < 1.29 is 0 Å². The van der Waals surface area contributed by atoms with E-state index in [0.29, 0.717) is 6.54 Å². The Bertz CT molecular complexity index is 568. The number of hydrogen-bond acceptors (Lipinski definition) is 2. The summed E-state index contributed by atoms with van der Waals surface area (Å²) in [6.07, 6.45) is 3.94. The van der Waals surface area contributed by atoms with Crippen LogP contribution in [0.4, 0.5) is 5.69 Å². The van der Waals surface area contributed by atoms with E-state index in [1.54, 1.807) is 10.6 Å². The molecule has 0 spiro atoms. The average molecular weight is 245 g/mol. The van der Waals surface area contributed by atoms with Crippen molar-refractivity contribution in [2.24, 2.45) is 0 Å². The van der Waals surface area contributed by atoms with Crippen molar-refractivity contribution in [2.45, 2.75) is 33.5 Å². The first-order chi connectivity index (χ1) is 8.74. The molecule has 0 saturated heterocycles. The summed E-state index contributed by atoms with van der Waals surface area (Å²) in [4.78, 5) is 11.5. The molecule has 2 aromatic heterocycles. The molecule has 0 atom stereocenters. The van der Waals surface area contributed by atoms with Gasteiger partial charge < -0.3 is 14.5 Å². The molecule has 2 rings (SSSR count). The Hall–Kier alpha value is -1.97. The fraction of sp³-hybridized carbons (Fsp3) is 0.357. The largest absolute Gasteiger partial charge is 0.378 e. The molecule has 0 aliphatic heterocycles. The molecule has 0 amide bonds. The van der Waals surface area contributed by atoms with Crippen LogP contribution in [0.2, 0.25) is 0 Å². The fourth-order valence-corrected chi connectivity index (χ4v) is 1.99. The summed E-state index contributed by atoms with van der Waals surface area (Å²) in [5.74, 6) is 0. The Balaban J connectivity index is 2.08. The number of pyridine rings is 1. The summed E-state index contributed by atoms with van der Waals surface area (Å²) in [7, 11) is 0. The van der Waals surface area contributed by atoms with E-state index in [-0.39, 0.29) is 5.56 Å². The molecule has 0 fully saturated rings. The molecule has 0 unspecified atom stereocenters. The van der Waals surface area contributed by atoms with Crippen molar-refractivity contribution in [3.63, 3.8) is 0 Å². The van der Waals surface area contributed by atoms with E-state index < -0.39 is 0 Å². The standard InChI is InChI=1S/C14H19N3O/c1-3-16-9-5-6-13(16)10-15-12-7-8-14(18)17(4-2)11-12/h5-9,11,15H,3-4,10H2,1-2H3. The van der Waals surface area contributed by atoms with E-state index in [4.69, 9.17) is 0 Å². The lowest BCUT2D eigenvalue weighted by molar-refractivity contribution is 0.717. The van der Waals surface area contributed by atoms with Gasteiger partial charge in [0.05, 0.1) is 12.2 Å². The van der Waals surface area contributed by atoms with Crippen LogP contribution in [0.15, 0.2) is 41.5 Å². The zero-order valence-electron chi connectivity index (χ0n) is 10.9. The molecule has 0 aromatic carbocycles. The van der Waals surface area contributed by atoms with Gasteiger partial charge in [0, 0.05) is 37.2 Å². The Morgan fingerprint density at radius 3 is 2.61 bits per heavy atom. The number of anilines is 1. The monoisotopic (exact) mass is 245 g/mol. The van der Waals surface area contributed by atoms with Crippen molar-refractivity contribution in [1.82, 2.24) is 9.13 Å². The molecule has 2 aromatic rings. The molecule has 0 radical (unpaired) electrons. The first kappa shape index (κ1) is 12.5. The quantitative estimate of drug-likeness (QED) is 0.878. The van der Waals surface area contributed by atoms with Crippen LogP contribution in [0.5, 0.6) is 0 Å². The van der Waals surface area contributed by atoms with Crippen LogP contribution in [0.1, 0.15) is 19.5 Å². The minimum atomic E-state index is 0.0417. The van der Waals surface area contributed by atoms with Crippen LogP contribution < -0.4 is 10.9 Å². The Morgan fingerprint density at radius 2 is 1.89 bits per heavy atom. The van der Waals surface area contributed by atoms with Crippen LogP contribution in [0.3, 0.4) is 0 Å². The maximum atomic E-state index is 11.5. The van der Waals surface area contributed by atoms with Gasteiger partial charge in [-0.05, 0) is 32.0 Å². The average Bonchev–Trinajstić information content (AvgIpc) is 2.85. The molecule has 96 valence electrons. The van der Waals surface area contributed by atoms with Crippen LogP contribution in [-0.2, 0) is 19.6 Å². The Kier molecular flexibility index (Phi) is 3.87. The molecule has 18 heavy (non-hydrogen) atoms. The highest BCUT2D eigenvalue weighted by Crippen LogP contribution is 2.08. The molecule has 2 heterocycles. The number of aryl methyl sites for hydroxylation is 2. The van der Waals surface area contributed by atoms with Crippen molar-refractivity contribution in [2.75, 3.05) is 5.32 Å². The number of nitrogens with one attached hydrogen (secondary N) is 1. The van der Waals surface area contributed by atoms with E-state index in [1.807, 2.05) is 25.3 Å². The second-order valence-electron chi connectivity index (χ2n) is 4.18. The maximum absolute atomic E-state index is 11.5. The Labute approximate surface area is 107 Å². The lowest BCUT2D eigenvalue weighted by atomic mass is 10.3. The van der Waals surface area contributed by atoms with E-state index in [2.05, 4.69) is 29.1 Å². The van der Waals surface area contributed by atoms with Crippen LogP contribution in [0.25, 0.3) is 0 Å². The van der Waals surface area contributed by atoms with Crippen molar-refractivity contribution in [1.29, 1.82) is 0 Å². The summed E-state index contributed by atoms with van der Waals surface area (Å²) in [6.45, 7) is 6.52. The number of rotatable bonds is 5. The van der Waals surface area contributed by atoms with Gasteiger partial charge >= 0.3 is 0 Å². The minimum Gasteiger partial charge on any atom is -0.378 e. The van der Waals surface area contributed by atoms with Gasteiger partial charge in [-0.1, -0.05) is 0 Å². The minimum absolute atomic E-state index is 0.0417. The first-order valence-electron chi connectivity index (χ1n) is 6.33. The van der Waals surface area contributed by atoms with Gasteiger partial charge in [-0.25, -0.2) is 0 Å². The summed E-state index contributed by atoms with van der Waals surface area (Å²) in [5, 5.41) is 3.34. The molecule has 0 bridgehead atoms. The van der Waals surface area contributed by atoms with E-state index >= 15 is 0 Å². The number of aromatic nitrogens is 2. The predicted molar refractivity (Wildman–Crippen MR) is 73.8 cm³/mol. The summed E-state index contributed by atoms with van der Waals surface area (Å²) < 4.78 is 3.89. The van der Waals surface area contributed by atoms with Gasteiger partial charge in [0.15, 0.2) is 0 Å². The van der Waals surface area contributed by atoms with Crippen LogP contribution >= 0.6 is 0 Å². The molecule has 1 N–H and O–H groups in total. The van der Waals surface area contributed by atoms with Crippen molar-refractivity contribution >= 4 is 5.69 Å². The normalized spacial score (nSPS) is 10.6. The summed E-state index contributed by atoms with van der Waals surface area (Å²) >= 11 is 0. The molecular weight excluding hydrogens is 226 g/mol. The highest BCUT2D eigenvalue weighted by molar-refractivity contribution is 5.40. The van der Waals surface area contributed by atoms with Gasteiger partial charge in [0.25, 0.3) is 5.56 Å². The number of hydrogen-bond donors (Lipinski definition) is 1. The zero-order chi connectivity index (χ0) is 13.0. The third kappa shape index (κ3) is 2.64. The third-order valence-electron chi connectivity index (χ3n) is 3.06. The van der Waals surface area contributed by atoms with Gasteiger partial charge in [-0.2, -0.15) is 0 Å². The van der Waals surface area contributed by atoms with Gasteiger partial charge in [-0.3, -0.25) is 4.79 Å². The fourth-order valence-electron chi connectivity index (χ4n) is 1.99. The highest BCUT2D eigenvalue weighted by Gasteiger charge is 2.00. The Morgan fingerprint density at radius 1 is 1.11 bits per heavy atom. The van der Waals surface area contributed by atoms with Crippen molar-refractivity contribution in [3.8, 4) is 0 Å². The molecule has 0 aliphatic rings.